The lowest BCUT2D eigenvalue weighted by Gasteiger charge is -2.19. The Morgan fingerprint density at radius 2 is 1.81 bits per heavy atom. The van der Waals surface area contributed by atoms with E-state index >= 15 is 0 Å². The minimum Gasteiger partial charge on any atom is -0.369 e. The Kier molecular flexibility index (Phi) is 6.71. The van der Waals surface area contributed by atoms with E-state index in [4.69, 9.17) is 9.97 Å². The summed E-state index contributed by atoms with van der Waals surface area (Å²) in [4.78, 5) is 9.86. The van der Waals surface area contributed by atoms with Gasteiger partial charge in [0.05, 0.1) is 9.26 Å². The smallest absolute Gasteiger partial charge is 0.143 e. The summed E-state index contributed by atoms with van der Waals surface area (Å²) in [7, 11) is 0. The van der Waals surface area contributed by atoms with E-state index in [1.165, 1.54) is 34.9 Å². The molecule has 3 nitrogen and oxygen atoms in total. The first-order valence-electron chi connectivity index (χ1n) is 8.52. The van der Waals surface area contributed by atoms with Crippen LogP contribution in [0.3, 0.4) is 0 Å². The number of aromatic nitrogens is 2. The second-order valence-corrected chi connectivity index (χ2v) is 7.13. The molecular formula is C17H28IN3. The highest BCUT2D eigenvalue weighted by molar-refractivity contribution is 14.1. The highest BCUT2D eigenvalue weighted by atomic mass is 127. The van der Waals surface area contributed by atoms with Crippen molar-refractivity contribution in [2.24, 2.45) is 0 Å². The third-order valence-corrected chi connectivity index (χ3v) is 5.59. The van der Waals surface area contributed by atoms with Crippen LogP contribution in [0.4, 0.5) is 5.82 Å². The SMILES string of the molecule is CCCNc1nc(C(CC)CC)nc(C2CCCC2)c1I. The fourth-order valence-electron chi connectivity index (χ4n) is 3.15. The molecule has 0 radical (unpaired) electrons. The van der Waals surface area contributed by atoms with Gasteiger partial charge in [0.2, 0.25) is 0 Å². The Hall–Kier alpha value is -0.390. The third kappa shape index (κ3) is 4.08. The molecule has 0 spiro atoms. The number of hydrogen-bond acceptors (Lipinski definition) is 3. The topological polar surface area (TPSA) is 37.8 Å². The average Bonchev–Trinajstić information content (AvgIpc) is 3.02. The molecular weight excluding hydrogens is 373 g/mol. The summed E-state index contributed by atoms with van der Waals surface area (Å²) >= 11 is 2.45. The van der Waals surface area contributed by atoms with Crippen LogP contribution in [0, 0.1) is 3.57 Å². The molecule has 0 saturated heterocycles. The van der Waals surface area contributed by atoms with Crippen molar-refractivity contribution in [1.82, 2.24) is 9.97 Å². The van der Waals surface area contributed by atoms with Gasteiger partial charge in [-0.2, -0.15) is 0 Å². The zero-order valence-electron chi connectivity index (χ0n) is 13.6. The number of nitrogens with one attached hydrogen (secondary N) is 1. The van der Waals surface area contributed by atoms with Gasteiger partial charge >= 0.3 is 0 Å². The van der Waals surface area contributed by atoms with Gasteiger partial charge < -0.3 is 5.32 Å². The first kappa shape index (κ1) is 17.0. The van der Waals surface area contributed by atoms with Crippen molar-refractivity contribution in [3.63, 3.8) is 0 Å². The molecule has 1 saturated carbocycles. The van der Waals surface area contributed by atoms with E-state index in [0.717, 1.165) is 37.4 Å². The number of hydrogen-bond donors (Lipinski definition) is 1. The first-order chi connectivity index (χ1) is 10.2. The van der Waals surface area contributed by atoms with E-state index < -0.39 is 0 Å². The van der Waals surface area contributed by atoms with Crippen LogP contribution in [-0.4, -0.2) is 16.5 Å². The molecule has 4 heteroatoms. The van der Waals surface area contributed by atoms with Crippen molar-refractivity contribution < 1.29 is 0 Å². The van der Waals surface area contributed by atoms with Crippen molar-refractivity contribution in [3.05, 3.63) is 15.1 Å². The number of nitrogens with zero attached hydrogens (tertiary/aromatic N) is 2. The van der Waals surface area contributed by atoms with Crippen LogP contribution in [0.15, 0.2) is 0 Å². The van der Waals surface area contributed by atoms with Gasteiger partial charge in [-0.15, -0.1) is 0 Å². The molecule has 1 aliphatic rings. The predicted molar refractivity (Wildman–Crippen MR) is 98.1 cm³/mol. The van der Waals surface area contributed by atoms with E-state index in [2.05, 4.69) is 48.7 Å². The van der Waals surface area contributed by atoms with Gasteiger partial charge in [0.25, 0.3) is 0 Å². The molecule has 0 aliphatic heterocycles. The van der Waals surface area contributed by atoms with E-state index in [1.54, 1.807) is 0 Å². The second kappa shape index (κ2) is 8.30. The first-order valence-corrected chi connectivity index (χ1v) is 9.60. The molecule has 118 valence electrons. The van der Waals surface area contributed by atoms with Crippen LogP contribution in [0.5, 0.6) is 0 Å². The Balaban J connectivity index is 2.38. The molecule has 0 bridgehead atoms. The molecule has 1 heterocycles. The van der Waals surface area contributed by atoms with E-state index in [1.807, 2.05) is 0 Å². The number of rotatable bonds is 7. The third-order valence-electron chi connectivity index (χ3n) is 4.53. The quantitative estimate of drug-likeness (QED) is 0.617. The summed E-state index contributed by atoms with van der Waals surface area (Å²) in [5.41, 5.74) is 1.31. The maximum atomic E-state index is 5.01. The van der Waals surface area contributed by atoms with Gasteiger partial charge in [0.1, 0.15) is 11.6 Å². The lowest BCUT2D eigenvalue weighted by molar-refractivity contribution is 0.586. The molecule has 1 aliphatic carbocycles. The Morgan fingerprint density at radius 1 is 1.14 bits per heavy atom. The Labute approximate surface area is 142 Å². The largest absolute Gasteiger partial charge is 0.369 e. The standard InChI is InChI=1S/C17H28IN3/c1-4-11-19-17-14(18)15(13-9-7-8-10-13)20-16(21-17)12(5-2)6-3/h12-13H,4-11H2,1-3H3,(H,19,20,21). The fraction of sp³-hybridized carbons (Fsp3) is 0.765. The molecule has 0 unspecified atom stereocenters. The number of halogens is 1. The highest BCUT2D eigenvalue weighted by Gasteiger charge is 2.25. The molecule has 0 aromatic carbocycles. The van der Waals surface area contributed by atoms with Crippen molar-refractivity contribution >= 4 is 28.4 Å². The predicted octanol–water partition coefficient (Wildman–Crippen LogP) is 5.46. The summed E-state index contributed by atoms with van der Waals surface area (Å²) in [6.45, 7) is 7.66. The summed E-state index contributed by atoms with van der Waals surface area (Å²) in [5.74, 6) is 3.26. The maximum absolute atomic E-state index is 5.01. The molecule has 1 fully saturated rings. The number of anilines is 1. The van der Waals surface area contributed by atoms with Crippen LogP contribution in [-0.2, 0) is 0 Å². The molecule has 0 amide bonds. The summed E-state index contributed by atoms with van der Waals surface area (Å²) in [6, 6.07) is 0. The Bertz CT molecular complexity index is 452. The van der Waals surface area contributed by atoms with Gasteiger partial charge in [-0.25, -0.2) is 9.97 Å². The average molecular weight is 401 g/mol. The lowest BCUT2D eigenvalue weighted by Crippen LogP contribution is -2.14. The van der Waals surface area contributed by atoms with E-state index in [0.29, 0.717) is 11.8 Å². The molecule has 2 rings (SSSR count). The van der Waals surface area contributed by atoms with E-state index in [9.17, 15) is 0 Å². The van der Waals surface area contributed by atoms with Crippen LogP contribution in [0.2, 0.25) is 0 Å². The van der Waals surface area contributed by atoms with Crippen LogP contribution in [0.1, 0.15) is 89.1 Å². The summed E-state index contributed by atoms with van der Waals surface area (Å²) in [5, 5.41) is 3.51. The fourth-order valence-corrected chi connectivity index (χ4v) is 4.02. The zero-order valence-corrected chi connectivity index (χ0v) is 15.7. The van der Waals surface area contributed by atoms with E-state index in [-0.39, 0.29) is 0 Å². The van der Waals surface area contributed by atoms with Crippen molar-refractivity contribution in [3.8, 4) is 0 Å². The highest BCUT2D eigenvalue weighted by Crippen LogP contribution is 2.38. The summed E-state index contributed by atoms with van der Waals surface area (Å²) in [6.07, 6.45) is 8.65. The van der Waals surface area contributed by atoms with Gasteiger partial charge in [0.15, 0.2) is 0 Å². The van der Waals surface area contributed by atoms with Crippen molar-refractivity contribution in [2.45, 2.75) is 77.6 Å². The lowest BCUT2D eigenvalue weighted by atomic mass is 10.00. The zero-order chi connectivity index (χ0) is 15.2. The van der Waals surface area contributed by atoms with Gasteiger partial charge in [0, 0.05) is 18.4 Å². The van der Waals surface area contributed by atoms with Crippen LogP contribution in [0.25, 0.3) is 0 Å². The molecule has 1 N–H and O–H groups in total. The van der Waals surface area contributed by atoms with Crippen molar-refractivity contribution in [1.29, 1.82) is 0 Å². The monoisotopic (exact) mass is 401 g/mol. The van der Waals surface area contributed by atoms with Gasteiger partial charge in [-0.05, 0) is 54.7 Å². The van der Waals surface area contributed by atoms with Gasteiger partial charge in [-0.1, -0.05) is 33.6 Å². The minimum atomic E-state index is 0.490. The minimum absolute atomic E-state index is 0.490. The van der Waals surface area contributed by atoms with Gasteiger partial charge in [-0.3, -0.25) is 0 Å². The summed E-state index contributed by atoms with van der Waals surface area (Å²) < 4.78 is 1.25. The molecule has 1 aromatic rings. The normalized spacial score (nSPS) is 15.9. The maximum Gasteiger partial charge on any atom is 0.143 e. The second-order valence-electron chi connectivity index (χ2n) is 6.05. The Morgan fingerprint density at radius 3 is 2.38 bits per heavy atom. The molecule has 21 heavy (non-hydrogen) atoms. The molecule has 1 aromatic heterocycles. The molecule has 0 atom stereocenters. The van der Waals surface area contributed by atoms with Crippen LogP contribution >= 0.6 is 22.6 Å². The van der Waals surface area contributed by atoms with Crippen molar-refractivity contribution in [2.75, 3.05) is 11.9 Å². The van der Waals surface area contributed by atoms with Crippen LogP contribution < -0.4 is 5.32 Å².